The maximum absolute atomic E-state index is 14.3. The van der Waals surface area contributed by atoms with Crippen LogP contribution in [0.15, 0.2) is 84.9 Å². The lowest BCUT2D eigenvalue weighted by Gasteiger charge is -2.35. The molecule has 2 fully saturated rings. The van der Waals surface area contributed by atoms with Crippen LogP contribution in [-0.2, 0) is 56.0 Å². The summed E-state index contributed by atoms with van der Waals surface area (Å²) in [4.78, 5) is 146. The largest absolute Gasteiger partial charge is 0.480 e. The number of carboxylic acid groups (broad SMARTS) is 1. The van der Waals surface area contributed by atoms with E-state index in [1.807, 2.05) is 18.7 Å². The minimum absolute atomic E-state index is 0.0987. The van der Waals surface area contributed by atoms with Crippen LogP contribution in [0.2, 0.25) is 0 Å². The number of hydrogen-bond acceptors (Lipinski definition) is 15. The molecule has 0 radical (unpaired) electrons. The van der Waals surface area contributed by atoms with Crippen LogP contribution in [0.1, 0.15) is 126 Å². The summed E-state index contributed by atoms with van der Waals surface area (Å²) in [5, 5.41) is 56.1. The molecule has 12 atom stereocenters. The molecule has 9 amide bonds. The fourth-order valence-corrected chi connectivity index (χ4v) is 12.1. The van der Waals surface area contributed by atoms with E-state index in [4.69, 9.17) is 5.73 Å². The molecule has 86 heavy (non-hydrogen) atoms. The van der Waals surface area contributed by atoms with Crippen molar-refractivity contribution >= 4 is 76.7 Å². The lowest BCUT2D eigenvalue weighted by atomic mass is 9.79. The summed E-state index contributed by atoms with van der Waals surface area (Å²) in [7, 11) is 0. The van der Waals surface area contributed by atoms with E-state index in [-0.39, 0.29) is 65.6 Å². The van der Waals surface area contributed by atoms with Crippen molar-refractivity contribution < 1.29 is 68.1 Å². The molecule has 0 aromatic heterocycles. The van der Waals surface area contributed by atoms with Gasteiger partial charge in [-0.15, -0.1) is 0 Å². The van der Waals surface area contributed by atoms with Gasteiger partial charge in [0.2, 0.25) is 41.4 Å². The molecule has 14 N–H and O–H groups in total. The van der Waals surface area contributed by atoms with E-state index < -0.39 is 102 Å². The van der Waals surface area contributed by atoms with Gasteiger partial charge in [-0.1, -0.05) is 112 Å². The van der Waals surface area contributed by atoms with E-state index >= 15 is 0 Å². The smallest absolute Gasteiger partial charge is 0.326 e. The fourth-order valence-electron chi connectivity index (χ4n) is 10.2. The number of carbonyl (C=O) groups is 11. The molecule has 3 aromatic rings. The Morgan fingerprint density at radius 2 is 1.17 bits per heavy atom. The van der Waals surface area contributed by atoms with Crippen molar-refractivity contribution in [3.63, 3.8) is 0 Å². The number of carbonyl (C=O) groups excluding carboxylic acids is 10. The molecule has 0 bridgehead atoms. The van der Waals surface area contributed by atoms with Gasteiger partial charge in [-0.25, -0.2) is 9.59 Å². The number of aliphatic carboxylic acids is 1. The van der Waals surface area contributed by atoms with Gasteiger partial charge in [-0.05, 0) is 70.4 Å². The third-order valence-electron chi connectivity index (χ3n) is 15.9. The van der Waals surface area contributed by atoms with Crippen molar-refractivity contribution in [3.05, 3.63) is 107 Å². The highest BCUT2D eigenvalue weighted by Crippen LogP contribution is 2.47. The number of hydrogen-bond donors (Lipinski definition) is 13. The van der Waals surface area contributed by atoms with E-state index in [1.165, 1.54) is 38.1 Å². The van der Waals surface area contributed by atoms with Gasteiger partial charge >= 0.3 is 12.0 Å². The van der Waals surface area contributed by atoms with Gasteiger partial charge in [0.15, 0.2) is 5.78 Å². The van der Waals surface area contributed by atoms with E-state index in [2.05, 4.69) is 54.8 Å². The van der Waals surface area contributed by atoms with Crippen molar-refractivity contribution in [1.82, 2.24) is 47.9 Å². The Kier molecular flexibility index (Phi) is 26.2. The summed E-state index contributed by atoms with van der Waals surface area (Å²) in [5.74, 6) is -8.00. The molecular formula is C61H84N10O14S. The fraction of sp³-hybridized carbons (Fsp3) is 0.525. The van der Waals surface area contributed by atoms with Crippen LogP contribution in [0.5, 0.6) is 0 Å². The summed E-state index contributed by atoms with van der Waals surface area (Å²) >= 11 is 1.82. The summed E-state index contributed by atoms with van der Waals surface area (Å²) in [6.45, 7) is 10.0. The van der Waals surface area contributed by atoms with Gasteiger partial charge in [0.05, 0.1) is 36.3 Å². The summed E-state index contributed by atoms with van der Waals surface area (Å²) in [5.41, 5.74) is 6.45. The molecule has 2 heterocycles. The average molecular weight is 1210 g/mol. The number of primary amides is 1. The van der Waals surface area contributed by atoms with Crippen LogP contribution in [-0.4, -0.2) is 164 Å². The van der Waals surface area contributed by atoms with Crippen molar-refractivity contribution in [2.24, 2.45) is 11.7 Å². The summed E-state index contributed by atoms with van der Waals surface area (Å²) < 4.78 is 0. The molecule has 2 aliphatic rings. The monoisotopic (exact) mass is 1210 g/mol. The van der Waals surface area contributed by atoms with Gasteiger partial charge in [0.25, 0.3) is 0 Å². The lowest BCUT2D eigenvalue weighted by molar-refractivity contribution is -0.142. The van der Waals surface area contributed by atoms with Gasteiger partial charge < -0.3 is 63.6 Å². The zero-order chi connectivity index (χ0) is 63.3. The van der Waals surface area contributed by atoms with Crippen molar-refractivity contribution in [1.29, 1.82) is 0 Å². The number of unbranched alkanes of at least 4 members (excludes halogenated alkanes) is 2. The van der Waals surface area contributed by atoms with E-state index in [0.717, 1.165) is 18.6 Å². The number of amides is 9. The summed E-state index contributed by atoms with van der Waals surface area (Å²) in [6.07, 6.45) is -0.206. The molecule has 25 heteroatoms. The van der Waals surface area contributed by atoms with E-state index in [1.54, 1.807) is 74.5 Å². The highest BCUT2D eigenvalue weighted by molar-refractivity contribution is 8.00. The number of benzene rings is 3. The first-order chi connectivity index (χ1) is 40.7. The normalized spacial score (nSPS) is 20.0. The van der Waals surface area contributed by atoms with Gasteiger partial charge in [-0.2, -0.15) is 11.8 Å². The predicted molar refractivity (Wildman–Crippen MR) is 321 cm³/mol. The SMILES string of the molecule is CC[C@H](C)[C@H](NC(=O)[C@@H](NCC(=O)CCCCNC(=O)CCCC[C@@H]1SC[C@]2(C)NC(=O)N[C@]12C)[C@@H](C)O)C(=O)N[C@H](C(=O)N[C@@H](Cc1ccc(C(=O)c2ccccc2)cc1)C(=O)N[C@@H](CC(N)=O)C(=O)N[C@@H](Cc1ccccc1)C(=O)O)[C@@H](C)O. The second-order valence-corrected chi connectivity index (χ2v) is 23.9. The molecule has 0 unspecified atom stereocenters. The Bertz CT molecular complexity index is 2860. The van der Waals surface area contributed by atoms with Crippen LogP contribution >= 0.6 is 11.8 Å². The van der Waals surface area contributed by atoms with Crippen LogP contribution in [0.25, 0.3) is 0 Å². The number of aliphatic hydroxyl groups is 2. The zero-order valence-electron chi connectivity index (χ0n) is 49.6. The number of rotatable bonds is 36. The van der Waals surface area contributed by atoms with Crippen molar-refractivity contribution in [2.75, 3.05) is 18.8 Å². The van der Waals surface area contributed by atoms with Crippen LogP contribution < -0.4 is 53.6 Å². The maximum Gasteiger partial charge on any atom is 0.326 e. The molecular weight excluding hydrogens is 1130 g/mol. The Hall–Kier alpha value is -7.74. The molecule has 5 rings (SSSR count). The van der Waals surface area contributed by atoms with Crippen LogP contribution in [0.4, 0.5) is 4.79 Å². The number of nitrogens with one attached hydrogen (secondary N) is 9. The van der Waals surface area contributed by atoms with Crippen LogP contribution in [0.3, 0.4) is 0 Å². The van der Waals surface area contributed by atoms with E-state index in [0.29, 0.717) is 60.9 Å². The highest BCUT2D eigenvalue weighted by Gasteiger charge is 2.60. The number of Topliss-reactive ketones (excluding diaryl/α,β-unsaturated/α-hetero) is 1. The number of urea groups is 1. The minimum Gasteiger partial charge on any atom is -0.480 e. The minimum atomic E-state index is -1.80. The zero-order valence-corrected chi connectivity index (χ0v) is 50.4. The standard InChI is InChI=1S/C61H84N10O14S/c1-7-35(2)49(68-56(81)50(36(3)72)64-33-42(74)22-16-17-29-63-48(76)24-15-14-23-46-61(6)60(5,34-86-46)70-59(85)71-61)55(80)69-51(37(4)73)57(82)66-43(30-39-25-27-41(28-26-39)52(77)40-20-12-9-13-21-40)53(78)65-44(32-47(62)75)54(79)67-45(58(83)84)31-38-18-10-8-11-19-38/h8-13,18-21,25-28,35-37,43-46,49-51,64,72-73H,7,14-17,22-24,29-34H2,1-6H3,(H2,62,75)(H,63,76)(H,65,78)(H,66,82)(H,67,79)(H,68,81)(H,69,80)(H,83,84)(H2,70,71,85)/t35-,36+,37+,43-,44-,45-,46-,49-,50-,51-,60-,61+/m0/s1. The topological polar surface area (TPSA) is 383 Å². The Morgan fingerprint density at radius 1 is 0.640 bits per heavy atom. The molecule has 0 spiro atoms. The molecule has 24 nitrogen and oxygen atoms in total. The number of carboxylic acids is 1. The predicted octanol–water partition coefficient (Wildman–Crippen LogP) is 1.21. The van der Waals surface area contributed by atoms with Gasteiger partial charge in [0, 0.05) is 54.4 Å². The second-order valence-electron chi connectivity index (χ2n) is 22.7. The highest BCUT2D eigenvalue weighted by atomic mass is 32.2. The number of thioether (sulfide) groups is 1. The Balaban J connectivity index is 1.19. The van der Waals surface area contributed by atoms with E-state index in [9.17, 15) is 68.1 Å². The Labute approximate surface area is 505 Å². The first-order valence-electron chi connectivity index (χ1n) is 29.1. The first kappa shape index (κ1) is 69.0. The lowest BCUT2D eigenvalue weighted by Crippen LogP contribution is -2.63. The summed E-state index contributed by atoms with van der Waals surface area (Å²) in [6, 6.07) is 13.2. The molecule has 468 valence electrons. The van der Waals surface area contributed by atoms with Crippen molar-refractivity contribution in [3.8, 4) is 0 Å². The quantitative estimate of drug-likeness (QED) is 0.0221. The molecule has 3 aromatic carbocycles. The molecule has 2 aliphatic heterocycles. The molecule has 0 aliphatic carbocycles. The molecule has 0 saturated carbocycles. The Morgan fingerprint density at radius 3 is 1.79 bits per heavy atom. The molecule has 2 saturated heterocycles. The second kappa shape index (κ2) is 32.7. The van der Waals surface area contributed by atoms with Crippen LogP contribution in [0, 0.1) is 5.92 Å². The number of fused-ring (bicyclic) bond motifs is 1. The third kappa shape index (κ3) is 19.9. The number of nitrogens with two attached hydrogens (primary N) is 1. The first-order valence-corrected chi connectivity index (χ1v) is 30.2. The maximum atomic E-state index is 14.3. The number of aliphatic hydroxyl groups excluding tert-OH is 2. The van der Waals surface area contributed by atoms with Crippen molar-refractivity contribution in [2.45, 2.75) is 177 Å². The average Bonchev–Trinajstić information content (AvgIpc) is 1.62. The number of ketones is 2. The van der Waals surface area contributed by atoms with Gasteiger partial charge in [-0.3, -0.25) is 48.5 Å². The van der Waals surface area contributed by atoms with Gasteiger partial charge in [0.1, 0.15) is 42.0 Å². The third-order valence-corrected chi connectivity index (χ3v) is 17.7.